The Kier molecular flexibility index (Phi) is 3.32. The molecule has 1 heteroatoms. The second-order valence-electron chi connectivity index (χ2n) is 2.98. The Hall–Kier alpha value is -1.50. The van der Waals surface area contributed by atoms with E-state index in [1.54, 1.807) is 0 Å². The van der Waals surface area contributed by atoms with Crippen LogP contribution in [0.25, 0.3) is 0 Å². The molecule has 1 aromatic rings. The van der Waals surface area contributed by atoms with Crippen LogP contribution in [0.1, 0.15) is 11.1 Å². The zero-order valence-electron chi connectivity index (χ0n) is 7.79. The van der Waals surface area contributed by atoms with Gasteiger partial charge in [-0.1, -0.05) is 30.4 Å². The number of anilines is 1. The first kappa shape index (κ1) is 9.59. The molecule has 0 radical (unpaired) electrons. The molecule has 1 rings (SSSR count). The van der Waals surface area contributed by atoms with Crippen molar-refractivity contribution in [2.45, 2.75) is 12.8 Å². The molecule has 0 heterocycles. The van der Waals surface area contributed by atoms with Crippen LogP contribution in [0.2, 0.25) is 0 Å². The fourth-order valence-corrected chi connectivity index (χ4v) is 1.33. The van der Waals surface area contributed by atoms with Crippen LogP contribution in [-0.4, -0.2) is 0 Å². The second kappa shape index (κ2) is 4.51. The fraction of sp³-hybridized carbons (Fsp3) is 0.167. The number of nitrogens with two attached hydrogens (primary N) is 1. The van der Waals surface area contributed by atoms with Gasteiger partial charge in [-0.3, -0.25) is 0 Å². The largest absolute Gasteiger partial charge is 0.398 e. The Bertz CT molecular complexity index is 285. The van der Waals surface area contributed by atoms with Crippen molar-refractivity contribution < 1.29 is 0 Å². The number of hydrogen-bond acceptors (Lipinski definition) is 1. The molecule has 1 nitrogen and oxygen atoms in total. The van der Waals surface area contributed by atoms with Crippen LogP contribution in [0.15, 0.2) is 43.5 Å². The van der Waals surface area contributed by atoms with Crippen molar-refractivity contribution in [2.24, 2.45) is 0 Å². The monoisotopic (exact) mass is 173 g/mol. The first-order valence-electron chi connectivity index (χ1n) is 4.37. The SMILES string of the molecule is C=CCc1cccc(CC=C)c1N. The summed E-state index contributed by atoms with van der Waals surface area (Å²) in [5.41, 5.74) is 9.13. The summed E-state index contributed by atoms with van der Waals surface area (Å²) in [6, 6.07) is 6.08. The van der Waals surface area contributed by atoms with E-state index >= 15 is 0 Å². The van der Waals surface area contributed by atoms with Gasteiger partial charge in [-0.05, 0) is 24.0 Å². The Labute approximate surface area is 79.6 Å². The first-order chi connectivity index (χ1) is 6.29. The summed E-state index contributed by atoms with van der Waals surface area (Å²) < 4.78 is 0. The molecule has 0 amide bonds. The van der Waals surface area contributed by atoms with Crippen molar-refractivity contribution in [3.63, 3.8) is 0 Å². The van der Waals surface area contributed by atoms with Gasteiger partial charge in [0, 0.05) is 5.69 Å². The highest BCUT2D eigenvalue weighted by Gasteiger charge is 2.01. The number of nitrogen functional groups attached to an aromatic ring is 1. The molecule has 0 atom stereocenters. The minimum atomic E-state index is 0.830. The van der Waals surface area contributed by atoms with E-state index in [1.165, 1.54) is 0 Å². The highest BCUT2D eigenvalue weighted by molar-refractivity contribution is 5.55. The Morgan fingerprint density at radius 1 is 1.08 bits per heavy atom. The molecule has 1 aromatic carbocycles. The van der Waals surface area contributed by atoms with E-state index in [0.717, 1.165) is 29.7 Å². The van der Waals surface area contributed by atoms with Crippen LogP contribution >= 0.6 is 0 Å². The lowest BCUT2D eigenvalue weighted by Crippen LogP contribution is -1.98. The molecule has 68 valence electrons. The van der Waals surface area contributed by atoms with E-state index in [1.807, 2.05) is 30.4 Å². The van der Waals surface area contributed by atoms with Crippen LogP contribution in [0.5, 0.6) is 0 Å². The first-order valence-corrected chi connectivity index (χ1v) is 4.37. The number of benzene rings is 1. The van der Waals surface area contributed by atoms with Gasteiger partial charge >= 0.3 is 0 Å². The highest BCUT2D eigenvalue weighted by atomic mass is 14.6. The third-order valence-electron chi connectivity index (χ3n) is 2.02. The second-order valence-corrected chi connectivity index (χ2v) is 2.98. The molecule has 0 saturated heterocycles. The summed E-state index contributed by atoms with van der Waals surface area (Å²) in [6.07, 6.45) is 5.39. The van der Waals surface area contributed by atoms with E-state index in [0.29, 0.717) is 0 Å². The van der Waals surface area contributed by atoms with Gasteiger partial charge in [-0.25, -0.2) is 0 Å². The lowest BCUT2D eigenvalue weighted by atomic mass is 10.0. The number of hydrogen-bond donors (Lipinski definition) is 1. The predicted octanol–water partition coefficient (Wildman–Crippen LogP) is 2.73. The van der Waals surface area contributed by atoms with Gasteiger partial charge in [0.15, 0.2) is 0 Å². The maximum atomic E-state index is 5.96. The smallest absolute Gasteiger partial charge is 0.0385 e. The van der Waals surface area contributed by atoms with Gasteiger partial charge in [0.05, 0.1) is 0 Å². The summed E-state index contributed by atoms with van der Waals surface area (Å²) >= 11 is 0. The van der Waals surface area contributed by atoms with Gasteiger partial charge in [0.25, 0.3) is 0 Å². The summed E-state index contributed by atoms with van der Waals surface area (Å²) in [5, 5.41) is 0. The van der Waals surface area contributed by atoms with Crippen LogP contribution in [-0.2, 0) is 12.8 Å². The van der Waals surface area contributed by atoms with Crippen molar-refractivity contribution >= 4 is 5.69 Å². The molecule has 0 aliphatic heterocycles. The minimum absolute atomic E-state index is 0.830. The molecule has 2 N–H and O–H groups in total. The number of allylic oxidation sites excluding steroid dienone is 2. The van der Waals surface area contributed by atoms with Crippen LogP contribution in [0.3, 0.4) is 0 Å². The standard InChI is InChI=1S/C12H15N/c1-3-6-10-8-5-9-11(7-4-2)12(10)13/h3-5,8-9H,1-2,6-7,13H2. The molecule has 0 fully saturated rings. The molecule has 0 bridgehead atoms. The van der Waals surface area contributed by atoms with Gasteiger partial charge in [0.2, 0.25) is 0 Å². The van der Waals surface area contributed by atoms with Gasteiger partial charge in [-0.2, -0.15) is 0 Å². The molecule has 0 aliphatic carbocycles. The highest BCUT2D eigenvalue weighted by Crippen LogP contribution is 2.18. The van der Waals surface area contributed by atoms with Gasteiger partial charge in [-0.15, -0.1) is 13.2 Å². The average molecular weight is 173 g/mol. The van der Waals surface area contributed by atoms with Gasteiger partial charge < -0.3 is 5.73 Å². The van der Waals surface area contributed by atoms with Gasteiger partial charge in [0.1, 0.15) is 0 Å². The molecule has 0 spiro atoms. The fourth-order valence-electron chi connectivity index (χ4n) is 1.33. The summed E-state index contributed by atoms with van der Waals surface area (Å²) in [6.45, 7) is 7.39. The van der Waals surface area contributed by atoms with E-state index in [9.17, 15) is 0 Å². The van der Waals surface area contributed by atoms with Crippen molar-refractivity contribution in [3.05, 3.63) is 54.6 Å². The van der Waals surface area contributed by atoms with Crippen molar-refractivity contribution in [2.75, 3.05) is 5.73 Å². The molecule has 0 aromatic heterocycles. The van der Waals surface area contributed by atoms with Crippen molar-refractivity contribution in [3.8, 4) is 0 Å². The Balaban J connectivity index is 3.02. The Morgan fingerprint density at radius 2 is 1.54 bits per heavy atom. The Morgan fingerprint density at radius 3 is 1.92 bits per heavy atom. The lowest BCUT2D eigenvalue weighted by Gasteiger charge is -2.07. The zero-order valence-corrected chi connectivity index (χ0v) is 7.79. The molecular formula is C12H15N. The third-order valence-corrected chi connectivity index (χ3v) is 2.02. The summed E-state index contributed by atoms with van der Waals surface area (Å²) in [4.78, 5) is 0. The zero-order chi connectivity index (χ0) is 9.68. The van der Waals surface area contributed by atoms with Crippen LogP contribution in [0, 0.1) is 0 Å². The normalized spacial score (nSPS) is 9.54. The van der Waals surface area contributed by atoms with Crippen molar-refractivity contribution in [1.82, 2.24) is 0 Å². The van der Waals surface area contributed by atoms with Crippen molar-refractivity contribution in [1.29, 1.82) is 0 Å². The van der Waals surface area contributed by atoms with E-state index in [4.69, 9.17) is 5.73 Å². The molecule has 13 heavy (non-hydrogen) atoms. The number of para-hydroxylation sites is 1. The predicted molar refractivity (Wildman–Crippen MR) is 58.7 cm³/mol. The summed E-state index contributed by atoms with van der Waals surface area (Å²) in [7, 11) is 0. The average Bonchev–Trinajstić information content (AvgIpc) is 2.13. The lowest BCUT2D eigenvalue weighted by molar-refractivity contribution is 1.21. The van der Waals surface area contributed by atoms with Crippen LogP contribution < -0.4 is 5.73 Å². The number of rotatable bonds is 4. The quantitative estimate of drug-likeness (QED) is 0.550. The van der Waals surface area contributed by atoms with E-state index < -0.39 is 0 Å². The maximum absolute atomic E-state index is 5.96. The maximum Gasteiger partial charge on any atom is 0.0385 e. The van der Waals surface area contributed by atoms with E-state index in [-0.39, 0.29) is 0 Å². The molecule has 0 aliphatic rings. The summed E-state index contributed by atoms with van der Waals surface area (Å²) in [5.74, 6) is 0. The molecular weight excluding hydrogens is 158 g/mol. The molecule has 0 saturated carbocycles. The topological polar surface area (TPSA) is 26.0 Å². The third kappa shape index (κ3) is 2.22. The minimum Gasteiger partial charge on any atom is -0.398 e. The molecule has 0 unspecified atom stereocenters. The van der Waals surface area contributed by atoms with Crippen LogP contribution in [0.4, 0.5) is 5.69 Å². The van der Waals surface area contributed by atoms with E-state index in [2.05, 4.69) is 13.2 Å².